The monoisotopic (exact) mass is 329 g/mol. The van der Waals surface area contributed by atoms with Crippen LogP contribution >= 0.6 is 0 Å². The van der Waals surface area contributed by atoms with Gasteiger partial charge in [-0.05, 0) is 25.1 Å². The van der Waals surface area contributed by atoms with Gasteiger partial charge in [0.25, 0.3) is 11.9 Å². The Morgan fingerprint density at radius 2 is 2.21 bits per heavy atom. The minimum atomic E-state index is -0.612. The van der Waals surface area contributed by atoms with Crippen molar-refractivity contribution in [1.82, 2.24) is 30.2 Å². The van der Waals surface area contributed by atoms with Crippen molar-refractivity contribution in [2.75, 3.05) is 11.9 Å². The van der Waals surface area contributed by atoms with Gasteiger partial charge in [0.15, 0.2) is 0 Å². The van der Waals surface area contributed by atoms with Gasteiger partial charge in [0, 0.05) is 18.8 Å². The Morgan fingerprint density at radius 3 is 2.88 bits per heavy atom. The van der Waals surface area contributed by atoms with E-state index in [-0.39, 0.29) is 11.5 Å². The number of aromatic amines is 1. The number of nitrogens with zero attached hydrogens (tertiary/aromatic N) is 5. The molecule has 24 heavy (non-hydrogen) atoms. The Morgan fingerprint density at radius 1 is 1.38 bits per heavy atom. The van der Waals surface area contributed by atoms with Gasteiger partial charge in [-0.2, -0.15) is 10.2 Å². The van der Waals surface area contributed by atoms with E-state index < -0.39 is 11.3 Å². The lowest BCUT2D eigenvalue weighted by atomic mass is 10.2. The highest BCUT2D eigenvalue weighted by molar-refractivity contribution is 6.04. The number of aromatic nitrogens is 6. The van der Waals surface area contributed by atoms with Gasteiger partial charge in [0.2, 0.25) is 11.3 Å². The number of hydrogen-bond acceptors (Lipinski definition) is 7. The summed E-state index contributed by atoms with van der Waals surface area (Å²) in [4.78, 5) is 29.3. The molecule has 0 fully saturated rings. The molecule has 3 aromatic rings. The normalized spacial score (nSPS) is 10.8. The van der Waals surface area contributed by atoms with E-state index >= 15 is 0 Å². The number of rotatable bonds is 5. The molecule has 3 rings (SSSR count). The summed E-state index contributed by atoms with van der Waals surface area (Å²) in [6.45, 7) is 4.74. The van der Waals surface area contributed by atoms with E-state index in [0.717, 1.165) is 0 Å². The molecule has 0 aliphatic rings. The zero-order valence-electron chi connectivity index (χ0n) is 13.1. The lowest BCUT2D eigenvalue weighted by molar-refractivity contribution is 0.102. The van der Waals surface area contributed by atoms with Gasteiger partial charge < -0.3 is 9.30 Å². The number of hydrogen-bond donors (Lipinski definition) is 2. The van der Waals surface area contributed by atoms with Crippen LogP contribution in [0, 0.1) is 0 Å². The maximum absolute atomic E-state index is 12.6. The summed E-state index contributed by atoms with van der Waals surface area (Å²) in [5.74, 6) is -0.192. The third-order valence-electron chi connectivity index (χ3n) is 3.34. The molecule has 1 amide bonds. The zero-order chi connectivity index (χ0) is 17.1. The van der Waals surface area contributed by atoms with Crippen molar-refractivity contribution in [2.24, 2.45) is 0 Å². The van der Waals surface area contributed by atoms with Crippen LogP contribution < -0.4 is 15.5 Å². The van der Waals surface area contributed by atoms with Crippen LogP contribution in [0.1, 0.15) is 24.2 Å². The summed E-state index contributed by atoms with van der Waals surface area (Å²) in [6, 6.07) is 3.21. The number of amides is 1. The second kappa shape index (κ2) is 6.44. The summed E-state index contributed by atoms with van der Waals surface area (Å²) in [5, 5.41) is 15.6. The summed E-state index contributed by atoms with van der Waals surface area (Å²) < 4.78 is 7.08. The maximum atomic E-state index is 12.6. The van der Waals surface area contributed by atoms with Crippen LogP contribution in [0.25, 0.3) is 11.0 Å². The van der Waals surface area contributed by atoms with E-state index in [2.05, 4.69) is 30.9 Å². The molecule has 0 saturated carbocycles. The average Bonchev–Trinajstić information content (AvgIpc) is 3.08. The molecule has 0 bridgehead atoms. The predicted octanol–water partition coefficient (Wildman–Crippen LogP) is 0.580. The van der Waals surface area contributed by atoms with Crippen molar-refractivity contribution in [3.05, 3.63) is 34.1 Å². The molecule has 124 valence electrons. The Balaban J connectivity index is 2.09. The van der Waals surface area contributed by atoms with Crippen molar-refractivity contribution in [1.29, 1.82) is 0 Å². The van der Waals surface area contributed by atoms with Crippen molar-refractivity contribution in [3.8, 4) is 5.88 Å². The van der Waals surface area contributed by atoms with E-state index in [9.17, 15) is 9.59 Å². The third kappa shape index (κ3) is 2.81. The van der Waals surface area contributed by atoms with E-state index in [1.807, 2.05) is 13.8 Å². The summed E-state index contributed by atoms with van der Waals surface area (Å²) >= 11 is 0. The van der Waals surface area contributed by atoms with Crippen LogP contribution in [0.5, 0.6) is 5.88 Å². The van der Waals surface area contributed by atoms with Crippen LogP contribution in [-0.4, -0.2) is 42.7 Å². The zero-order valence-corrected chi connectivity index (χ0v) is 13.1. The highest BCUT2D eigenvalue weighted by atomic mass is 16.5. The fourth-order valence-electron chi connectivity index (χ4n) is 2.26. The highest BCUT2D eigenvalue weighted by Gasteiger charge is 2.17. The minimum Gasteiger partial charge on any atom is -0.478 e. The summed E-state index contributed by atoms with van der Waals surface area (Å²) in [5.41, 5.74) is 0.0101. The molecule has 0 aromatic carbocycles. The molecule has 0 radical (unpaired) electrons. The van der Waals surface area contributed by atoms with Crippen LogP contribution in [-0.2, 0) is 6.54 Å². The lowest BCUT2D eigenvalue weighted by Gasteiger charge is -2.11. The van der Waals surface area contributed by atoms with Crippen LogP contribution in [0.3, 0.4) is 0 Å². The number of carbonyl (C=O) groups excluding carboxylic acids is 1. The SMILES string of the molecule is CCOc1ccc2c(=O)c(C(=O)Nc3nn[nH]n3)cn(CC)c2n1. The number of nitrogens with one attached hydrogen (secondary N) is 2. The molecule has 0 aliphatic carbocycles. The van der Waals surface area contributed by atoms with Gasteiger partial charge in [-0.15, -0.1) is 5.10 Å². The Hall–Kier alpha value is -3.30. The quantitative estimate of drug-likeness (QED) is 0.700. The van der Waals surface area contributed by atoms with Crippen LogP contribution in [0.15, 0.2) is 23.1 Å². The first kappa shape index (κ1) is 15.6. The molecule has 0 unspecified atom stereocenters. The van der Waals surface area contributed by atoms with E-state index in [4.69, 9.17) is 4.74 Å². The van der Waals surface area contributed by atoms with Gasteiger partial charge in [0.05, 0.1) is 12.0 Å². The molecule has 3 aromatic heterocycles. The standard InChI is InChI=1S/C14H15N7O3/c1-3-21-7-9(13(23)16-14-17-19-20-18-14)11(22)8-5-6-10(24-4-2)15-12(8)21/h5-7H,3-4H2,1-2H3,(H2,16,17,18,19,20,23). The first-order valence-corrected chi connectivity index (χ1v) is 7.35. The van der Waals surface area contributed by atoms with Gasteiger partial charge >= 0.3 is 0 Å². The van der Waals surface area contributed by atoms with E-state index in [1.54, 1.807) is 16.7 Å². The first-order chi connectivity index (χ1) is 11.6. The number of tetrazole rings is 1. The van der Waals surface area contributed by atoms with Crippen molar-refractivity contribution in [3.63, 3.8) is 0 Å². The summed E-state index contributed by atoms with van der Waals surface area (Å²) in [7, 11) is 0. The van der Waals surface area contributed by atoms with Gasteiger partial charge in [-0.25, -0.2) is 0 Å². The highest BCUT2D eigenvalue weighted by Crippen LogP contribution is 2.15. The number of anilines is 1. The molecule has 0 saturated heterocycles. The second-order valence-corrected chi connectivity index (χ2v) is 4.80. The van der Waals surface area contributed by atoms with E-state index in [1.165, 1.54) is 6.20 Å². The van der Waals surface area contributed by atoms with Crippen LogP contribution in [0.2, 0.25) is 0 Å². The van der Waals surface area contributed by atoms with Gasteiger partial charge in [-0.3, -0.25) is 14.9 Å². The number of pyridine rings is 2. The van der Waals surface area contributed by atoms with Crippen molar-refractivity contribution < 1.29 is 9.53 Å². The molecule has 10 heteroatoms. The first-order valence-electron chi connectivity index (χ1n) is 7.35. The molecular weight excluding hydrogens is 314 g/mol. The molecular formula is C14H15N7O3. The molecule has 3 heterocycles. The fourth-order valence-corrected chi connectivity index (χ4v) is 2.26. The number of ether oxygens (including phenoxy) is 1. The molecule has 2 N–H and O–H groups in total. The van der Waals surface area contributed by atoms with Crippen molar-refractivity contribution in [2.45, 2.75) is 20.4 Å². The predicted molar refractivity (Wildman–Crippen MR) is 85.0 cm³/mol. The number of H-pyrrole nitrogens is 1. The number of fused-ring (bicyclic) bond motifs is 1. The van der Waals surface area contributed by atoms with E-state index in [0.29, 0.717) is 30.1 Å². The topological polar surface area (TPSA) is 128 Å². The molecule has 0 aliphatic heterocycles. The molecule has 0 spiro atoms. The second-order valence-electron chi connectivity index (χ2n) is 4.80. The molecule has 0 atom stereocenters. The molecule has 10 nitrogen and oxygen atoms in total. The average molecular weight is 329 g/mol. The Bertz CT molecular complexity index is 933. The number of aryl methyl sites for hydroxylation is 1. The van der Waals surface area contributed by atoms with Crippen molar-refractivity contribution >= 4 is 22.9 Å². The third-order valence-corrected chi connectivity index (χ3v) is 3.34. The number of carbonyl (C=O) groups is 1. The van der Waals surface area contributed by atoms with Crippen LogP contribution in [0.4, 0.5) is 5.95 Å². The Kier molecular flexibility index (Phi) is 4.18. The van der Waals surface area contributed by atoms with Gasteiger partial charge in [0.1, 0.15) is 11.2 Å². The smallest absolute Gasteiger partial charge is 0.270 e. The largest absolute Gasteiger partial charge is 0.478 e. The fraction of sp³-hybridized carbons (Fsp3) is 0.286. The maximum Gasteiger partial charge on any atom is 0.270 e. The minimum absolute atomic E-state index is 0.00707. The van der Waals surface area contributed by atoms with Gasteiger partial charge in [-0.1, -0.05) is 5.10 Å². The Labute approximate surface area is 135 Å². The summed E-state index contributed by atoms with van der Waals surface area (Å²) in [6.07, 6.45) is 1.46. The lowest BCUT2D eigenvalue weighted by Crippen LogP contribution is -2.24.